The number of rotatable bonds is 5. The van der Waals surface area contributed by atoms with Gasteiger partial charge in [0, 0.05) is 0 Å². The van der Waals surface area contributed by atoms with Crippen LogP contribution in [0.15, 0.2) is 24.3 Å². The normalized spacial score (nSPS) is 10.2. The van der Waals surface area contributed by atoms with Gasteiger partial charge >= 0.3 is 5.97 Å². The first kappa shape index (κ1) is 13.9. The maximum absolute atomic E-state index is 11.6. The van der Waals surface area contributed by atoms with Crippen LogP contribution in [0, 0.1) is 0 Å². The number of benzene rings is 1. The van der Waals surface area contributed by atoms with Crippen molar-refractivity contribution in [1.29, 1.82) is 0 Å². The summed E-state index contributed by atoms with van der Waals surface area (Å²) in [6.45, 7) is 2.06. The van der Waals surface area contributed by atoms with Gasteiger partial charge in [-0.05, 0) is 25.1 Å². The number of esters is 1. The van der Waals surface area contributed by atoms with Crippen molar-refractivity contribution in [3.8, 4) is 22.8 Å². The zero-order valence-electron chi connectivity index (χ0n) is 11.6. The molecule has 0 unspecified atom stereocenters. The molecule has 6 nitrogen and oxygen atoms in total. The molecule has 1 aromatic heterocycles. The number of aromatic amines is 1. The van der Waals surface area contributed by atoms with Gasteiger partial charge < -0.3 is 14.2 Å². The van der Waals surface area contributed by atoms with Gasteiger partial charge in [0.1, 0.15) is 22.9 Å². The Morgan fingerprint density at radius 2 is 1.90 bits per heavy atom. The molecule has 0 saturated heterocycles. The lowest BCUT2D eigenvalue weighted by Crippen LogP contribution is -2.04. The highest BCUT2D eigenvalue weighted by Crippen LogP contribution is 2.37. The van der Waals surface area contributed by atoms with Crippen LogP contribution >= 0.6 is 0 Å². The van der Waals surface area contributed by atoms with Crippen LogP contribution in [0.3, 0.4) is 0 Å². The molecule has 1 N–H and O–H groups in total. The van der Waals surface area contributed by atoms with Gasteiger partial charge in [-0.1, -0.05) is 6.07 Å². The molecule has 106 valence electrons. The van der Waals surface area contributed by atoms with Crippen LogP contribution in [0.2, 0.25) is 0 Å². The van der Waals surface area contributed by atoms with Crippen molar-refractivity contribution >= 4 is 5.97 Å². The molecule has 6 heteroatoms. The predicted octanol–water partition coefficient (Wildman–Crippen LogP) is 2.27. The maximum Gasteiger partial charge on any atom is 0.356 e. The third kappa shape index (κ3) is 2.59. The summed E-state index contributed by atoms with van der Waals surface area (Å²) in [7, 11) is 3.13. The summed E-state index contributed by atoms with van der Waals surface area (Å²) in [6, 6.07) is 7.03. The third-order valence-corrected chi connectivity index (χ3v) is 2.76. The average molecular weight is 276 g/mol. The molecule has 0 saturated carbocycles. The number of methoxy groups -OCH3 is 2. The molecular formula is C14H16N2O4. The van der Waals surface area contributed by atoms with E-state index in [0.29, 0.717) is 29.4 Å². The number of carbonyl (C=O) groups is 1. The topological polar surface area (TPSA) is 73.4 Å². The van der Waals surface area contributed by atoms with Crippen LogP contribution in [0.5, 0.6) is 11.5 Å². The zero-order valence-corrected chi connectivity index (χ0v) is 11.6. The minimum atomic E-state index is -0.444. The highest BCUT2D eigenvalue weighted by Gasteiger charge is 2.18. The molecule has 0 bridgehead atoms. The fourth-order valence-electron chi connectivity index (χ4n) is 1.87. The van der Waals surface area contributed by atoms with Crippen molar-refractivity contribution in [1.82, 2.24) is 10.2 Å². The molecular weight excluding hydrogens is 260 g/mol. The van der Waals surface area contributed by atoms with Gasteiger partial charge in [-0.2, -0.15) is 5.10 Å². The van der Waals surface area contributed by atoms with Crippen molar-refractivity contribution in [2.75, 3.05) is 20.8 Å². The highest BCUT2D eigenvalue weighted by molar-refractivity contribution is 5.89. The average Bonchev–Trinajstić information content (AvgIpc) is 2.96. The Hall–Kier alpha value is -2.50. The van der Waals surface area contributed by atoms with E-state index in [4.69, 9.17) is 14.2 Å². The second-order valence-electron chi connectivity index (χ2n) is 3.92. The fourth-order valence-corrected chi connectivity index (χ4v) is 1.87. The van der Waals surface area contributed by atoms with E-state index < -0.39 is 5.97 Å². The Bertz CT molecular complexity index is 585. The van der Waals surface area contributed by atoms with E-state index in [1.165, 1.54) is 0 Å². The lowest BCUT2D eigenvalue weighted by atomic mass is 10.1. The smallest absolute Gasteiger partial charge is 0.356 e. The molecule has 20 heavy (non-hydrogen) atoms. The number of ether oxygens (including phenoxy) is 3. The van der Waals surface area contributed by atoms with E-state index in [9.17, 15) is 4.79 Å². The largest absolute Gasteiger partial charge is 0.496 e. The van der Waals surface area contributed by atoms with Crippen LogP contribution in [-0.2, 0) is 4.74 Å². The summed E-state index contributed by atoms with van der Waals surface area (Å²) >= 11 is 0. The molecule has 0 radical (unpaired) electrons. The Labute approximate surface area is 116 Å². The van der Waals surface area contributed by atoms with Crippen LogP contribution < -0.4 is 9.47 Å². The summed E-state index contributed by atoms with van der Waals surface area (Å²) in [6.07, 6.45) is 0. The zero-order chi connectivity index (χ0) is 14.5. The SMILES string of the molecule is CCOC(=O)c1cc(-c2c(OC)cccc2OC)n[nH]1. The van der Waals surface area contributed by atoms with E-state index in [1.54, 1.807) is 39.3 Å². The summed E-state index contributed by atoms with van der Waals surface area (Å²) in [5, 5.41) is 6.78. The number of nitrogens with one attached hydrogen (secondary N) is 1. The molecule has 0 fully saturated rings. The monoisotopic (exact) mass is 276 g/mol. The molecule has 0 aliphatic rings. The molecule has 0 spiro atoms. The molecule has 0 aliphatic carbocycles. The van der Waals surface area contributed by atoms with Crippen molar-refractivity contribution in [2.24, 2.45) is 0 Å². The van der Waals surface area contributed by atoms with Crippen molar-refractivity contribution < 1.29 is 19.0 Å². The molecule has 0 aliphatic heterocycles. The summed E-state index contributed by atoms with van der Waals surface area (Å²) in [5.41, 5.74) is 1.53. The van der Waals surface area contributed by atoms with Crippen molar-refractivity contribution in [3.05, 3.63) is 30.0 Å². The van der Waals surface area contributed by atoms with E-state index in [0.717, 1.165) is 0 Å². The molecule has 0 amide bonds. The highest BCUT2D eigenvalue weighted by atomic mass is 16.5. The van der Waals surface area contributed by atoms with Crippen LogP contribution in [0.25, 0.3) is 11.3 Å². The second kappa shape index (κ2) is 6.10. The number of hydrogen-bond donors (Lipinski definition) is 1. The Balaban J connectivity index is 2.44. The van der Waals surface area contributed by atoms with E-state index in [1.807, 2.05) is 6.07 Å². The third-order valence-electron chi connectivity index (χ3n) is 2.76. The number of aromatic nitrogens is 2. The number of nitrogens with zero attached hydrogens (tertiary/aromatic N) is 1. The van der Waals surface area contributed by atoms with Gasteiger partial charge in [0.15, 0.2) is 0 Å². The first-order valence-corrected chi connectivity index (χ1v) is 6.15. The van der Waals surface area contributed by atoms with Gasteiger partial charge in [-0.3, -0.25) is 5.10 Å². The lowest BCUT2D eigenvalue weighted by Gasteiger charge is -2.10. The number of hydrogen-bond acceptors (Lipinski definition) is 5. The minimum absolute atomic E-state index is 0.287. The molecule has 2 aromatic rings. The Morgan fingerprint density at radius 1 is 1.25 bits per heavy atom. The molecule has 0 atom stereocenters. The van der Waals surface area contributed by atoms with Gasteiger partial charge in [0.2, 0.25) is 0 Å². The van der Waals surface area contributed by atoms with E-state index in [2.05, 4.69) is 10.2 Å². The quantitative estimate of drug-likeness (QED) is 0.848. The summed E-state index contributed by atoms with van der Waals surface area (Å²) in [4.78, 5) is 11.6. The number of carbonyl (C=O) groups excluding carboxylic acids is 1. The first-order chi connectivity index (χ1) is 9.71. The van der Waals surface area contributed by atoms with Gasteiger partial charge in [0.05, 0.1) is 26.4 Å². The lowest BCUT2D eigenvalue weighted by molar-refractivity contribution is 0.0519. The van der Waals surface area contributed by atoms with Gasteiger partial charge in [-0.25, -0.2) is 4.79 Å². The van der Waals surface area contributed by atoms with Gasteiger partial charge in [-0.15, -0.1) is 0 Å². The first-order valence-electron chi connectivity index (χ1n) is 6.15. The van der Waals surface area contributed by atoms with Crippen molar-refractivity contribution in [3.63, 3.8) is 0 Å². The van der Waals surface area contributed by atoms with E-state index >= 15 is 0 Å². The van der Waals surface area contributed by atoms with Crippen LogP contribution in [0.1, 0.15) is 17.4 Å². The number of H-pyrrole nitrogens is 1. The summed E-state index contributed by atoms with van der Waals surface area (Å²) in [5.74, 6) is 0.789. The van der Waals surface area contributed by atoms with Crippen LogP contribution in [0.4, 0.5) is 0 Å². The predicted molar refractivity (Wildman–Crippen MR) is 73.1 cm³/mol. The Kier molecular flexibility index (Phi) is 4.24. The molecule has 1 aromatic carbocycles. The minimum Gasteiger partial charge on any atom is -0.496 e. The molecule has 1 heterocycles. The van der Waals surface area contributed by atoms with Crippen molar-refractivity contribution in [2.45, 2.75) is 6.92 Å². The fraction of sp³-hybridized carbons (Fsp3) is 0.286. The van der Waals surface area contributed by atoms with E-state index in [-0.39, 0.29) is 5.69 Å². The summed E-state index contributed by atoms with van der Waals surface area (Å²) < 4.78 is 15.5. The van der Waals surface area contributed by atoms with Crippen LogP contribution in [-0.4, -0.2) is 37.0 Å². The standard InChI is InChI=1S/C14H16N2O4/c1-4-20-14(17)10-8-9(15-16-10)13-11(18-2)6-5-7-12(13)19-3/h5-8H,4H2,1-3H3,(H,15,16). The maximum atomic E-state index is 11.6. The molecule has 2 rings (SSSR count). The Morgan fingerprint density at radius 3 is 2.45 bits per heavy atom. The van der Waals surface area contributed by atoms with Gasteiger partial charge in [0.25, 0.3) is 0 Å². The second-order valence-corrected chi connectivity index (χ2v) is 3.92.